The number of benzene rings is 2. The zero-order valence-electron chi connectivity index (χ0n) is 9.81. The molecule has 0 aromatic heterocycles. The van der Waals surface area contributed by atoms with E-state index < -0.39 is 10.7 Å². The van der Waals surface area contributed by atoms with Gasteiger partial charge in [0.1, 0.15) is 10.7 Å². The molecule has 0 aliphatic carbocycles. The predicted octanol–water partition coefficient (Wildman–Crippen LogP) is 3.23. The molecule has 0 N–H and O–H groups in total. The normalized spacial score (nSPS) is 10.8. The van der Waals surface area contributed by atoms with Crippen LogP contribution in [0.25, 0.3) is 11.1 Å². The number of halogens is 1. The van der Waals surface area contributed by atoms with Crippen molar-refractivity contribution in [3.05, 3.63) is 58.6 Å². The summed E-state index contributed by atoms with van der Waals surface area (Å²) in [6.45, 7) is 1.90. The molecule has 2 rings (SSSR count). The topological polar surface area (TPSA) is 34.1 Å². The van der Waals surface area contributed by atoms with Crippen LogP contribution in [-0.2, 0) is 16.5 Å². The number of hydrogen-bond donors (Lipinski definition) is 1. The third-order valence-electron chi connectivity index (χ3n) is 2.72. The van der Waals surface area contributed by atoms with Crippen molar-refractivity contribution in [3.8, 4) is 11.1 Å². The van der Waals surface area contributed by atoms with Gasteiger partial charge in [-0.25, -0.2) is 8.42 Å². The van der Waals surface area contributed by atoms with Crippen LogP contribution in [-0.4, -0.2) is 8.42 Å². The van der Waals surface area contributed by atoms with E-state index in [1.807, 2.05) is 25.1 Å². The quantitative estimate of drug-likeness (QED) is 0.876. The fourth-order valence-electron chi connectivity index (χ4n) is 1.97. The lowest BCUT2D eigenvalue weighted by Gasteiger charge is -2.12. The van der Waals surface area contributed by atoms with Crippen molar-refractivity contribution in [2.75, 3.05) is 0 Å². The summed E-state index contributed by atoms with van der Waals surface area (Å²) in [5.74, 6) is 0.0193. The maximum absolute atomic E-state index is 10.9. The molecule has 2 aromatic rings. The molecule has 0 unspecified atom stereocenters. The van der Waals surface area contributed by atoms with Gasteiger partial charge in [-0.15, -0.1) is 0 Å². The van der Waals surface area contributed by atoms with Crippen molar-refractivity contribution in [1.29, 1.82) is 0 Å². The highest BCUT2D eigenvalue weighted by Crippen LogP contribution is 2.33. The zero-order valence-corrected chi connectivity index (χ0v) is 11.5. The summed E-state index contributed by atoms with van der Waals surface area (Å²) in [6.07, 6.45) is 0. The Morgan fingerprint density at radius 3 is 2.61 bits per heavy atom. The smallest absolute Gasteiger partial charge is 0.144 e. The molecule has 2 aromatic carbocycles. The third-order valence-corrected chi connectivity index (χ3v) is 3.65. The first-order valence-corrected chi connectivity index (χ1v) is 7.20. The van der Waals surface area contributed by atoms with E-state index in [2.05, 4.69) is 6.07 Å². The standard InChI is InChI=1S/C14H12ClO2S/c1-10-5-4-6-11(9-18(16)17)14(10)12-7-2-3-8-13(12)15/h2-4,6-8,18H,9H2,1H3. The summed E-state index contributed by atoms with van der Waals surface area (Å²) in [4.78, 5) is 0. The van der Waals surface area contributed by atoms with Crippen LogP contribution in [0.15, 0.2) is 36.4 Å². The molecule has 0 spiro atoms. The molecule has 2 nitrogen and oxygen atoms in total. The Kier molecular flexibility index (Phi) is 4.04. The number of aryl methyl sites for hydroxylation is 1. The van der Waals surface area contributed by atoms with Gasteiger partial charge >= 0.3 is 0 Å². The van der Waals surface area contributed by atoms with Crippen LogP contribution >= 0.6 is 11.6 Å². The van der Waals surface area contributed by atoms with Gasteiger partial charge < -0.3 is 0 Å². The molecule has 0 saturated heterocycles. The minimum atomic E-state index is -2.46. The van der Waals surface area contributed by atoms with Crippen LogP contribution in [0, 0.1) is 13.0 Å². The summed E-state index contributed by atoms with van der Waals surface area (Å²) in [5, 5.41) is 0.613. The number of rotatable bonds is 3. The fourth-order valence-corrected chi connectivity index (χ4v) is 2.75. The van der Waals surface area contributed by atoms with Gasteiger partial charge in [-0.2, -0.15) is 0 Å². The Hall–Kier alpha value is -1.32. The molecule has 0 saturated carbocycles. The van der Waals surface area contributed by atoms with E-state index in [0.717, 1.165) is 22.3 Å². The summed E-state index contributed by atoms with van der Waals surface area (Å²) in [6, 6.07) is 14.0. The Labute approximate surface area is 113 Å². The van der Waals surface area contributed by atoms with E-state index in [4.69, 9.17) is 11.6 Å². The van der Waals surface area contributed by atoms with Crippen molar-refractivity contribution in [2.45, 2.75) is 12.7 Å². The largest absolute Gasteiger partial charge is 0.232 e. The van der Waals surface area contributed by atoms with Crippen LogP contribution in [0.3, 0.4) is 0 Å². The molecule has 0 aliphatic heterocycles. The Bertz CT molecular complexity index is 640. The SMILES string of the molecule is Cc1[c]ccc(C[SH](=O)=O)c1-c1ccccc1Cl. The average Bonchev–Trinajstić information content (AvgIpc) is 2.30. The highest BCUT2D eigenvalue weighted by atomic mass is 35.5. The lowest BCUT2D eigenvalue weighted by Crippen LogP contribution is -1.95. The molecule has 0 amide bonds. The molecule has 93 valence electrons. The second-order valence-corrected chi connectivity index (χ2v) is 5.36. The second-order valence-electron chi connectivity index (χ2n) is 3.97. The van der Waals surface area contributed by atoms with E-state index in [1.54, 1.807) is 18.2 Å². The summed E-state index contributed by atoms with van der Waals surface area (Å²) in [5.41, 5.74) is 3.37. The summed E-state index contributed by atoms with van der Waals surface area (Å²) < 4.78 is 21.9. The van der Waals surface area contributed by atoms with E-state index >= 15 is 0 Å². The Morgan fingerprint density at radius 2 is 1.94 bits per heavy atom. The first-order valence-electron chi connectivity index (χ1n) is 5.46. The minimum absolute atomic E-state index is 0.0193. The van der Waals surface area contributed by atoms with Crippen LogP contribution in [0.5, 0.6) is 0 Å². The number of hydrogen-bond acceptors (Lipinski definition) is 2. The van der Waals surface area contributed by atoms with E-state index in [1.165, 1.54) is 0 Å². The minimum Gasteiger partial charge on any atom is -0.232 e. The lowest BCUT2D eigenvalue weighted by molar-refractivity contribution is 0.614. The first-order chi connectivity index (χ1) is 8.59. The zero-order chi connectivity index (χ0) is 13.1. The van der Waals surface area contributed by atoms with E-state index in [0.29, 0.717) is 5.02 Å². The van der Waals surface area contributed by atoms with Crippen LogP contribution in [0.4, 0.5) is 0 Å². The Balaban J connectivity index is 2.66. The Morgan fingerprint density at radius 1 is 1.22 bits per heavy atom. The van der Waals surface area contributed by atoms with Crippen molar-refractivity contribution < 1.29 is 8.42 Å². The molecule has 0 heterocycles. The van der Waals surface area contributed by atoms with Gasteiger partial charge in [-0.05, 0) is 35.7 Å². The van der Waals surface area contributed by atoms with Gasteiger partial charge in [-0.1, -0.05) is 41.9 Å². The molecule has 4 heteroatoms. The maximum atomic E-state index is 10.9. The molecule has 0 aliphatic rings. The fraction of sp³-hybridized carbons (Fsp3) is 0.143. The molecular formula is C14H12ClO2S. The van der Waals surface area contributed by atoms with Gasteiger partial charge in [-0.3, -0.25) is 0 Å². The maximum Gasteiger partial charge on any atom is 0.144 e. The van der Waals surface area contributed by atoms with Crippen molar-refractivity contribution in [2.24, 2.45) is 0 Å². The van der Waals surface area contributed by atoms with Crippen molar-refractivity contribution >= 4 is 22.3 Å². The van der Waals surface area contributed by atoms with Gasteiger partial charge in [0.25, 0.3) is 0 Å². The van der Waals surface area contributed by atoms with Crippen LogP contribution < -0.4 is 0 Å². The van der Waals surface area contributed by atoms with Crippen molar-refractivity contribution in [1.82, 2.24) is 0 Å². The predicted molar refractivity (Wildman–Crippen MR) is 74.5 cm³/mol. The first kappa shape index (κ1) is 13.1. The molecular weight excluding hydrogens is 268 g/mol. The average molecular weight is 280 g/mol. The van der Waals surface area contributed by atoms with Gasteiger partial charge in [0.05, 0.1) is 5.75 Å². The summed E-state index contributed by atoms with van der Waals surface area (Å²) in [7, 11) is -2.46. The third kappa shape index (κ3) is 2.74. The highest BCUT2D eigenvalue weighted by Gasteiger charge is 2.11. The molecule has 0 bridgehead atoms. The highest BCUT2D eigenvalue weighted by molar-refractivity contribution is 7.71. The second kappa shape index (κ2) is 5.55. The van der Waals surface area contributed by atoms with Crippen LogP contribution in [0.1, 0.15) is 11.1 Å². The van der Waals surface area contributed by atoms with Crippen molar-refractivity contribution in [3.63, 3.8) is 0 Å². The van der Waals surface area contributed by atoms with Gasteiger partial charge in [0, 0.05) is 10.6 Å². The van der Waals surface area contributed by atoms with Gasteiger partial charge in [0.15, 0.2) is 0 Å². The number of thiol groups is 1. The monoisotopic (exact) mass is 279 g/mol. The lowest BCUT2D eigenvalue weighted by atomic mass is 9.96. The van der Waals surface area contributed by atoms with Gasteiger partial charge in [0.2, 0.25) is 0 Å². The molecule has 0 atom stereocenters. The van der Waals surface area contributed by atoms with E-state index in [-0.39, 0.29) is 5.75 Å². The molecule has 1 radical (unpaired) electrons. The molecule has 0 fully saturated rings. The van der Waals surface area contributed by atoms with Crippen LogP contribution in [0.2, 0.25) is 5.02 Å². The van der Waals surface area contributed by atoms with E-state index in [9.17, 15) is 8.42 Å². The molecule has 18 heavy (non-hydrogen) atoms. The summed E-state index contributed by atoms with van der Waals surface area (Å²) >= 11 is 6.17.